The second-order valence-corrected chi connectivity index (χ2v) is 8.60. The number of hydrogen-bond acceptors (Lipinski definition) is 4. The smallest absolute Gasteiger partial charge is 0.220 e. The Morgan fingerprint density at radius 2 is 2.04 bits per heavy atom. The third-order valence-corrected chi connectivity index (χ3v) is 6.57. The van der Waals surface area contributed by atoms with Crippen molar-refractivity contribution in [1.82, 2.24) is 10.2 Å². The summed E-state index contributed by atoms with van der Waals surface area (Å²) in [6.45, 7) is 3.25. The maximum Gasteiger partial charge on any atom is 0.220 e. The van der Waals surface area contributed by atoms with Gasteiger partial charge in [-0.15, -0.1) is 12.3 Å². The Balaban J connectivity index is 1.27. The summed E-state index contributed by atoms with van der Waals surface area (Å²) in [6.07, 6.45) is 11.5. The first-order chi connectivity index (χ1) is 13.7. The van der Waals surface area contributed by atoms with Crippen LogP contribution >= 0.6 is 0 Å². The first kappa shape index (κ1) is 19.1. The maximum absolute atomic E-state index is 12.6. The number of nitrogens with one attached hydrogen (secondary N) is 1. The lowest BCUT2D eigenvalue weighted by molar-refractivity contribution is -0.122. The lowest BCUT2D eigenvalue weighted by Crippen LogP contribution is -2.45. The van der Waals surface area contributed by atoms with Gasteiger partial charge in [0.15, 0.2) is 5.66 Å². The van der Waals surface area contributed by atoms with Gasteiger partial charge in [0.2, 0.25) is 5.91 Å². The highest BCUT2D eigenvalue weighted by Crippen LogP contribution is 2.39. The fraction of sp³-hybridized carbons (Fsp3) is 0.609. The lowest BCUT2D eigenvalue weighted by Gasteiger charge is -2.33. The number of benzene rings is 1. The van der Waals surface area contributed by atoms with E-state index in [4.69, 9.17) is 6.42 Å². The molecule has 1 aromatic carbocycles. The van der Waals surface area contributed by atoms with E-state index in [1.54, 1.807) is 0 Å². The second-order valence-electron chi connectivity index (χ2n) is 8.60. The Morgan fingerprint density at radius 3 is 2.79 bits per heavy atom. The molecule has 0 spiro atoms. The lowest BCUT2D eigenvalue weighted by atomic mass is 9.78. The highest BCUT2D eigenvalue weighted by molar-refractivity contribution is 5.76. The summed E-state index contributed by atoms with van der Waals surface area (Å²) in [5.41, 5.74) is 1.01. The van der Waals surface area contributed by atoms with Crippen LogP contribution in [0.3, 0.4) is 0 Å². The van der Waals surface area contributed by atoms with Crippen molar-refractivity contribution in [2.24, 2.45) is 22.1 Å². The number of carbonyl (C=O) groups excluding carboxylic acids is 1. The molecule has 0 aromatic heterocycles. The molecule has 1 saturated heterocycles. The van der Waals surface area contributed by atoms with Crippen LogP contribution in [0.4, 0.5) is 0 Å². The molecule has 5 heteroatoms. The topological polar surface area (TPSA) is 57.1 Å². The summed E-state index contributed by atoms with van der Waals surface area (Å²) in [4.78, 5) is 15.1. The molecule has 3 atom stereocenters. The predicted molar refractivity (Wildman–Crippen MR) is 109 cm³/mol. The SMILES string of the molecule is C#CCCC1(CCC(=O)NC2CCCC3CN(Cc4ccccc4)CC32)N=N1. The first-order valence-corrected chi connectivity index (χ1v) is 10.6. The van der Waals surface area contributed by atoms with Crippen LogP contribution in [0.5, 0.6) is 0 Å². The zero-order chi connectivity index (χ0) is 19.4. The third kappa shape index (κ3) is 4.62. The molecule has 2 fully saturated rings. The van der Waals surface area contributed by atoms with Crippen molar-refractivity contribution in [2.75, 3.05) is 13.1 Å². The Morgan fingerprint density at radius 1 is 1.21 bits per heavy atom. The zero-order valence-electron chi connectivity index (χ0n) is 16.5. The average Bonchev–Trinajstić information content (AvgIpc) is 3.36. The average molecular weight is 379 g/mol. The van der Waals surface area contributed by atoms with E-state index in [0.29, 0.717) is 37.1 Å². The van der Waals surface area contributed by atoms with E-state index in [1.165, 1.54) is 18.4 Å². The van der Waals surface area contributed by atoms with Gasteiger partial charge in [0.05, 0.1) is 0 Å². The molecule has 4 rings (SSSR count). The van der Waals surface area contributed by atoms with Crippen molar-refractivity contribution in [3.63, 3.8) is 0 Å². The molecule has 1 saturated carbocycles. The molecule has 1 aromatic rings. The van der Waals surface area contributed by atoms with Crippen molar-refractivity contribution in [2.45, 2.75) is 63.2 Å². The number of rotatable bonds is 8. The second kappa shape index (κ2) is 8.45. The third-order valence-electron chi connectivity index (χ3n) is 6.57. The number of amides is 1. The van der Waals surface area contributed by atoms with Crippen LogP contribution in [0.25, 0.3) is 0 Å². The minimum atomic E-state index is -0.362. The summed E-state index contributed by atoms with van der Waals surface area (Å²) in [7, 11) is 0. The Hall–Kier alpha value is -2.19. The molecule has 1 aliphatic carbocycles. The van der Waals surface area contributed by atoms with Crippen LogP contribution in [0.2, 0.25) is 0 Å². The first-order valence-electron chi connectivity index (χ1n) is 10.6. The van der Waals surface area contributed by atoms with Gasteiger partial charge in [-0.1, -0.05) is 36.8 Å². The van der Waals surface area contributed by atoms with Crippen LogP contribution in [0.15, 0.2) is 40.6 Å². The van der Waals surface area contributed by atoms with E-state index >= 15 is 0 Å². The monoisotopic (exact) mass is 378 g/mol. The summed E-state index contributed by atoms with van der Waals surface area (Å²) >= 11 is 0. The molecular formula is C23H30N4O. The number of terminal acetylenes is 1. The van der Waals surface area contributed by atoms with Gasteiger partial charge >= 0.3 is 0 Å². The number of likely N-dealkylation sites (tertiary alicyclic amines) is 1. The molecule has 2 aliphatic heterocycles. The van der Waals surface area contributed by atoms with E-state index in [9.17, 15) is 4.79 Å². The van der Waals surface area contributed by atoms with Gasteiger partial charge < -0.3 is 5.32 Å². The molecule has 1 N–H and O–H groups in total. The van der Waals surface area contributed by atoms with E-state index < -0.39 is 0 Å². The van der Waals surface area contributed by atoms with Gasteiger partial charge in [0, 0.05) is 51.4 Å². The van der Waals surface area contributed by atoms with Crippen molar-refractivity contribution in [3.05, 3.63) is 35.9 Å². The van der Waals surface area contributed by atoms with Crippen molar-refractivity contribution in [1.29, 1.82) is 0 Å². The summed E-state index contributed by atoms with van der Waals surface area (Å²) < 4.78 is 0. The normalized spacial score (nSPS) is 27.8. The van der Waals surface area contributed by atoms with Crippen molar-refractivity contribution in [3.8, 4) is 12.3 Å². The van der Waals surface area contributed by atoms with E-state index in [-0.39, 0.29) is 11.6 Å². The van der Waals surface area contributed by atoms with Crippen LogP contribution in [-0.4, -0.2) is 35.6 Å². The maximum atomic E-state index is 12.6. The van der Waals surface area contributed by atoms with E-state index in [1.807, 2.05) is 0 Å². The molecule has 3 aliphatic rings. The van der Waals surface area contributed by atoms with Crippen LogP contribution in [0, 0.1) is 24.2 Å². The Kier molecular flexibility index (Phi) is 5.77. The summed E-state index contributed by atoms with van der Waals surface area (Å²) in [5.74, 6) is 4.06. The highest BCUT2D eigenvalue weighted by atomic mass is 16.1. The van der Waals surface area contributed by atoms with E-state index in [2.05, 4.69) is 56.7 Å². The van der Waals surface area contributed by atoms with Crippen molar-refractivity contribution >= 4 is 5.91 Å². The number of hydrogen-bond donors (Lipinski definition) is 1. The standard InChI is InChI=1S/C23H30N4O/c1-2-3-13-23(25-26-23)14-12-22(28)24-21-11-7-10-19-16-27(17-20(19)21)15-18-8-5-4-6-9-18/h1,4-6,8-9,19-21H,3,7,10-17H2,(H,24,28). The van der Waals surface area contributed by atoms with Crippen molar-refractivity contribution < 1.29 is 4.79 Å². The molecular weight excluding hydrogens is 348 g/mol. The van der Waals surface area contributed by atoms with Gasteiger partial charge in [0.25, 0.3) is 0 Å². The van der Waals surface area contributed by atoms with Gasteiger partial charge in [-0.25, -0.2) is 0 Å². The quantitative estimate of drug-likeness (QED) is 0.700. The van der Waals surface area contributed by atoms with Crippen LogP contribution in [0.1, 0.15) is 50.5 Å². The van der Waals surface area contributed by atoms with Gasteiger partial charge in [-0.2, -0.15) is 10.2 Å². The van der Waals surface area contributed by atoms with E-state index in [0.717, 1.165) is 32.5 Å². The zero-order valence-corrected chi connectivity index (χ0v) is 16.5. The van der Waals surface area contributed by atoms with Gasteiger partial charge in [-0.05, 0) is 30.2 Å². The fourth-order valence-electron chi connectivity index (χ4n) is 4.97. The number of nitrogens with zero attached hydrogens (tertiary/aromatic N) is 3. The molecule has 28 heavy (non-hydrogen) atoms. The number of carbonyl (C=O) groups is 1. The minimum absolute atomic E-state index is 0.143. The molecule has 0 radical (unpaired) electrons. The Labute approximate surface area is 168 Å². The minimum Gasteiger partial charge on any atom is -0.353 e. The largest absolute Gasteiger partial charge is 0.353 e. The molecule has 5 nitrogen and oxygen atoms in total. The predicted octanol–water partition coefficient (Wildman–Crippen LogP) is 3.76. The number of fused-ring (bicyclic) bond motifs is 1. The highest BCUT2D eigenvalue weighted by Gasteiger charge is 2.42. The summed E-state index contributed by atoms with van der Waals surface area (Å²) in [5, 5.41) is 11.6. The van der Waals surface area contributed by atoms with Crippen LogP contribution < -0.4 is 5.32 Å². The molecule has 3 unspecified atom stereocenters. The molecule has 0 bridgehead atoms. The summed E-state index contributed by atoms with van der Waals surface area (Å²) in [6, 6.07) is 11.0. The van der Waals surface area contributed by atoms with Gasteiger partial charge in [-0.3, -0.25) is 9.69 Å². The molecule has 1 amide bonds. The Bertz CT molecular complexity index is 748. The fourth-order valence-corrected chi connectivity index (χ4v) is 4.97. The molecule has 2 heterocycles. The molecule has 148 valence electrons. The van der Waals surface area contributed by atoms with Gasteiger partial charge in [0.1, 0.15) is 0 Å². The van der Waals surface area contributed by atoms with Crippen LogP contribution in [-0.2, 0) is 11.3 Å².